The van der Waals surface area contributed by atoms with Crippen molar-refractivity contribution in [3.05, 3.63) is 76.5 Å². The van der Waals surface area contributed by atoms with E-state index in [-0.39, 0.29) is 11.8 Å². The normalized spacial score (nSPS) is 20.8. The van der Waals surface area contributed by atoms with E-state index in [2.05, 4.69) is 20.6 Å². The first-order valence-corrected chi connectivity index (χ1v) is 10.6. The Bertz CT molecular complexity index is 1180. The van der Waals surface area contributed by atoms with Crippen LogP contribution in [0.4, 0.5) is 10.8 Å². The molecule has 29 heavy (non-hydrogen) atoms. The lowest BCUT2D eigenvalue weighted by molar-refractivity contribution is -0.116. The number of aromatic nitrogens is 1. The Labute approximate surface area is 174 Å². The molecule has 5 rings (SSSR count). The van der Waals surface area contributed by atoms with E-state index in [4.69, 9.17) is 0 Å². The number of carbonyl (C=O) groups is 2. The van der Waals surface area contributed by atoms with Crippen LogP contribution in [0.5, 0.6) is 0 Å². The maximum Gasteiger partial charge on any atom is 0.263 e. The largest absolute Gasteiger partial charge is 0.325 e. The predicted octanol–water partition coefficient (Wildman–Crippen LogP) is 4.28. The predicted molar refractivity (Wildman–Crippen MR) is 116 cm³/mol. The number of hydrogen-bond donors (Lipinski definition) is 2. The summed E-state index contributed by atoms with van der Waals surface area (Å²) in [6.07, 6.45) is 1.70. The van der Waals surface area contributed by atoms with Crippen LogP contribution in [0, 0.1) is 0 Å². The molecule has 2 aliphatic heterocycles. The number of aliphatic imine (C=N–C) groups is 1. The van der Waals surface area contributed by atoms with Gasteiger partial charge in [-0.05, 0) is 29.5 Å². The third kappa shape index (κ3) is 3.48. The van der Waals surface area contributed by atoms with Crippen molar-refractivity contribution in [1.29, 1.82) is 0 Å². The number of carbonyl (C=O) groups excluding carboxylic acids is 2. The number of nitrogens with one attached hydrogen (secondary N) is 2. The number of thioether (sulfide) groups is 1. The van der Waals surface area contributed by atoms with Gasteiger partial charge in [-0.1, -0.05) is 48.5 Å². The van der Waals surface area contributed by atoms with Crippen molar-refractivity contribution < 1.29 is 9.59 Å². The fraction of sp³-hybridized carbons (Fsp3) is 0.0476. The molecule has 0 radical (unpaired) electrons. The van der Waals surface area contributed by atoms with Gasteiger partial charge in [-0.3, -0.25) is 9.59 Å². The number of rotatable bonds is 3. The molecule has 1 unspecified atom stereocenters. The molecular weight excluding hydrogens is 404 g/mol. The molecule has 1 aromatic heterocycles. The highest BCUT2D eigenvalue weighted by Gasteiger charge is 2.32. The smallest absolute Gasteiger partial charge is 0.263 e. The second-order valence-electron chi connectivity index (χ2n) is 6.44. The van der Waals surface area contributed by atoms with Crippen LogP contribution in [0.25, 0.3) is 11.3 Å². The third-order valence-electron chi connectivity index (χ3n) is 4.56. The molecular formula is C21H14N4O2S2. The molecule has 142 valence electrons. The molecule has 0 aliphatic carbocycles. The molecule has 0 saturated carbocycles. The summed E-state index contributed by atoms with van der Waals surface area (Å²) >= 11 is 2.63. The van der Waals surface area contributed by atoms with Crippen molar-refractivity contribution in [3.8, 4) is 11.3 Å². The van der Waals surface area contributed by atoms with Crippen LogP contribution >= 0.6 is 23.1 Å². The highest BCUT2D eigenvalue weighted by Crippen LogP contribution is 2.37. The van der Waals surface area contributed by atoms with Gasteiger partial charge in [0.2, 0.25) is 11.0 Å². The Balaban J connectivity index is 1.38. The number of nitrogens with zero attached hydrogens (tertiary/aromatic N) is 2. The number of thiazole rings is 1. The fourth-order valence-corrected chi connectivity index (χ4v) is 4.78. The van der Waals surface area contributed by atoms with Crippen LogP contribution < -0.4 is 10.6 Å². The van der Waals surface area contributed by atoms with E-state index in [0.717, 1.165) is 22.5 Å². The quantitative estimate of drug-likeness (QED) is 0.622. The number of para-hydroxylation sites is 1. The summed E-state index contributed by atoms with van der Waals surface area (Å²) < 4.78 is 0. The second-order valence-corrected chi connectivity index (χ2v) is 8.31. The van der Waals surface area contributed by atoms with Gasteiger partial charge in [0.15, 0.2) is 5.17 Å². The summed E-state index contributed by atoms with van der Waals surface area (Å²) in [4.78, 5) is 34.1. The Morgan fingerprint density at radius 1 is 1.00 bits per heavy atom. The van der Waals surface area contributed by atoms with E-state index < -0.39 is 5.92 Å². The van der Waals surface area contributed by atoms with Crippen molar-refractivity contribution >= 4 is 50.9 Å². The van der Waals surface area contributed by atoms with Gasteiger partial charge in [0.1, 0.15) is 0 Å². The molecule has 0 spiro atoms. The molecule has 2 N–H and O–H groups in total. The second kappa shape index (κ2) is 7.31. The van der Waals surface area contributed by atoms with Gasteiger partial charge in [0, 0.05) is 16.6 Å². The SMILES string of the molecule is O=C1NC(=Nc2nc(-c3ccccc3)cs2)S/C1=C\C1C(=O)Nc2ccccc21. The van der Waals surface area contributed by atoms with E-state index in [1.807, 2.05) is 60.0 Å². The van der Waals surface area contributed by atoms with Crippen molar-refractivity contribution in [2.24, 2.45) is 4.99 Å². The average Bonchev–Trinajstić information content (AvgIpc) is 3.42. The number of anilines is 1. The Morgan fingerprint density at radius 3 is 2.66 bits per heavy atom. The molecule has 2 aliphatic rings. The molecule has 0 bridgehead atoms. The van der Waals surface area contributed by atoms with Crippen LogP contribution in [0.2, 0.25) is 0 Å². The standard InChI is InChI=1S/C21H14N4O2S2/c26-18-14(13-8-4-5-9-15(13)22-18)10-17-19(27)24-21(29-17)25-20-23-16(11-28-20)12-6-2-1-3-7-12/h1-11,14H,(H,22,26)(H,23,24,25,27)/b17-10-. The molecule has 3 heterocycles. The molecule has 8 heteroatoms. The zero-order valence-corrected chi connectivity index (χ0v) is 16.6. The summed E-state index contributed by atoms with van der Waals surface area (Å²) in [5.74, 6) is -0.876. The minimum Gasteiger partial charge on any atom is -0.325 e. The van der Waals surface area contributed by atoms with E-state index in [1.165, 1.54) is 23.1 Å². The van der Waals surface area contributed by atoms with Crippen LogP contribution in [-0.4, -0.2) is 22.0 Å². The van der Waals surface area contributed by atoms with Crippen molar-refractivity contribution in [1.82, 2.24) is 10.3 Å². The fourth-order valence-electron chi connectivity index (χ4n) is 3.19. The summed E-state index contributed by atoms with van der Waals surface area (Å²) in [5, 5.41) is 8.56. The Morgan fingerprint density at radius 2 is 1.79 bits per heavy atom. The first-order valence-electron chi connectivity index (χ1n) is 8.88. The number of fused-ring (bicyclic) bond motifs is 1. The van der Waals surface area contributed by atoms with Crippen molar-refractivity contribution in [2.75, 3.05) is 5.32 Å². The van der Waals surface area contributed by atoms with Crippen molar-refractivity contribution in [2.45, 2.75) is 5.92 Å². The summed E-state index contributed by atoms with van der Waals surface area (Å²) in [7, 11) is 0. The van der Waals surface area contributed by atoms with Crippen LogP contribution in [0.1, 0.15) is 11.5 Å². The molecule has 2 amide bonds. The molecule has 1 fully saturated rings. The average molecular weight is 419 g/mol. The summed E-state index contributed by atoms with van der Waals surface area (Å²) in [6, 6.07) is 17.4. The van der Waals surface area contributed by atoms with Crippen molar-refractivity contribution in [3.63, 3.8) is 0 Å². The van der Waals surface area contributed by atoms with Gasteiger partial charge in [0.25, 0.3) is 5.91 Å². The molecule has 3 aromatic rings. The topological polar surface area (TPSA) is 83.5 Å². The lowest BCUT2D eigenvalue weighted by Gasteiger charge is -2.02. The van der Waals surface area contributed by atoms with Gasteiger partial charge in [-0.15, -0.1) is 11.3 Å². The maximum absolute atomic E-state index is 12.4. The highest BCUT2D eigenvalue weighted by molar-refractivity contribution is 8.18. The van der Waals surface area contributed by atoms with E-state index >= 15 is 0 Å². The van der Waals surface area contributed by atoms with Crippen LogP contribution in [0.3, 0.4) is 0 Å². The number of amidine groups is 1. The first kappa shape index (κ1) is 17.8. The van der Waals surface area contributed by atoms with E-state index in [0.29, 0.717) is 15.2 Å². The lowest BCUT2D eigenvalue weighted by atomic mass is 10.0. The number of benzene rings is 2. The number of amides is 2. The lowest BCUT2D eigenvalue weighted by Crippen LogP contribution is -2.20. The van der Waals surface area contributed by atoms with Crippen LogP contribution in [0.15, 0.2) is 76.0 Å². The Kier molecular flexibility index (Phi) is 4.49. The van der Waals surface area contributed by atoms with Crippen LogP contribution in [-0.2, 0) is 9.59 Å². The van der Waals surface area contributed by atoms with Gasteiger partial charge in [0.05, 0.1) is 16.5 Å². The monoisotopic (exact) mass is 418 g/mol. The van der Waals surface area contributed by atoms with Gasteiger partial charge < -0.3 is 10.6 Å². The zero-order chi connectivity index (χ0) is 19.8. The molecule has 1 saturated heterocycles. The highest BCUT2D eigenvalue weighted by atomic mass is 32.2. The van der Waals surface area contributed by atoms with Gasteiger partial charge >= 0.3 is 0 Å². The first-order chi connectivity index (χ1) is 14.2. The van der Waals surface area contributed by atoms with Gasteiger partial charge in [-0.25, -0.2) is 4.98 Å². The minimum absolute atomic E-state index is 0.134. The minimum atomic E-state index is -0.483. The summed E-state index contributed by atoms with van der Waals surface area (Å²) in [5.41, 5.74) is 3.52. The molecule has 1 atom stereocenters. The Hall–Kier alpha value is -3.23. The van der Waals surface area contributed by atoms with Gasteiger partial charge in [-0.2, -0.15) is 4.99 Å². The zero-order valence-electron chi connectivity index (χ0n) is 15.0. The third-order valence-corrected chi connectivity index (χ3v) is 6.23. The van der Waals surface area contributed by atoms with E-state index in [1.54, 1.807) is 6.08 Å². The molecule has 2 aromatic carbocycles. The molecule has 6 nitrogen and oxygen atoms in total. The van der Waals surface area contributed by atoms with E-state index in [9.17, 15) is 9.59 Å². The number of hydrogen-bond acceptors (Lipinski definition) is 6. The summed E-state index contributed by atoms with van der Waals surface area (Å²) in [6.45, 7) is 0. The maximum atomic E-state index is 12.4.